The lowest BCUT2D eigenvalue weighted by Crippen LogP contribution is -2.31. The third kappa shape index (κ3) is 4.46. The van der Waals surface area contributed by atoms with Crippen LogP contribution in [0.25, 0.3) is 0 Å². The van der Waals surface area contributed by atoms with Crippen LogP contribution in [0.2, 0.25) is 0 Å². The summed E-state index contributed by atoms with van der Waals surface area (Å²) >= 11 is 0. The molecule has 0 saturated heterocycles. The molecule has 2 atom stereocenters. The van der Waals surface area contributed by atoms with E-state index < -0.39 is 52.6 Å². The number of rotatable bonds is 6. The van der Waals surface area contributed by atoms with Crippen LogP contribution in [0.3, 0.4) is 0 Å². The van der Waals surface area contributed by atoms with Gasteiger partial charge < -0.3 is 9.64 Å². The summed E-state index contributed by atoms with van der Waals surface area (Å²) in [6.45, 7) is 3.12. The maximum absolute atomic E-state index is 13.6. The summed E-state index contributed by atoms with van der Waals surface area (Å²) in [5.74, 6) is -15.8. The Morgan fingerprint density at radius 3 is 1.80 bits per heavy atom. The van der Waals surface area contributed by atoms with Gasteiger partial charge in [-0.15, -0.1) is 0 Å². The van der Waals surface area contributed by atoms with Crippen molar-refractivity contribution in [2.75, 3.05) is 14.1 Å². The van der Waals surface area contributed by atoms with Crippen LogP contribution >= 0.6 is 0 Å². The number of carbonyl (C=O) groups is 2. The molecular weight excluding hydrogens is 349 g/mol. The lowest BCUT2D eigenvalue weighted by atomic mass is 9.93. The molecule has 0 aromatic heterocycles. The molecule has 140 valence electrons. The van der Waals surface area contributed by atoms with E-state index >= 15 is 0 Å². The fourth-order valence-electron chi connectivity index (χ4n) is 2.26. The van der Waals surface area contributed by atoms with Gasteiger partial charge in [0.25, 0.3) is 0 Å². The number of carbonyl (C=O) groups excluding carboxylic acids is 2. The predicted molar refractivity (Wildman–Crippen MR) is 78.1 cm³/mol. The molecule has 0 aliphatic rings. The first kappa shape index (κ1) is 20.9. The second-order valence-electron chi connectivity index (χ2n) is 5.79. The van der Waals surface area contributed by atoms with E-state index in [1.54, 1.807) is 13.8 Å². The summed E-state index contributed by atoms with van der Waals surface area (Å²) in [5, 5.41) is 0. The van der Waals surface area contributed by atoms with Gasteiger partial charge in [0.05, 0.1) is 5.92 Å². The summed E-state index contributed by atoms with van der Waals surface area (Å²) in [4.78, 5) is 25.2. The lowest BCUT2D eigenvalue weighted by Gasteiger charge is -2.21. The fourth-order valence-corrected chi connectivity index (χ4v) is 2.26. The second-order valence-corrected chi connectivity index (χ2v) is 5.79. The molecule has 4 nitrogen and oxygen atoms in total. The number of hydrogen-bond acceptors (Lipinski definition) is 3. The van der Waals surface area contributed by atoms with Gasteiger partial charge in [-0.1, -0.05) is 13.8 Å². The minimum atomic E-state index is -2.34. The Morgan fingerprint density at radius 2 is 1.40 bits per heavy atom. The van der Waals surface area contributed by atoms with Crippen molar-refractivity contribution in [3.8, 4) is 5.75 Å². The standard InChI is InChI=1S/C16H18F5NO3/c1-5-8(6-7(2)15(23)22(3)4)16(24)25-14-12(20)10(18)9(17)11(19)13(14)21/h7-8H,5-6H2,1-4H3. The van der Waals surface area contributed by atoms with Gasteiger partial charge >= 0.3 is 5.97 Å². The van der Waals surface area contributed by atoms with Crippen molar-refractivity contribution in [1.29, 1.82) is 0 Å². The van der Waals surface area contributed by atoms with E-state index in [1.807, 2.05) is 0 Å². The Kier molecular flexibility index (Phi) is 6.89. The van der Waals surface area contributed by atoms with Crippen molar-refractivity contribution < 1.29 is 36.3 Å². The molecule has 0 N–H and O–H groups in total. The number of esters is 1. The van der Waals surface area contributed by atoms with Crippen molar-refractivity contribution in [1.82, 2.24) is 4.90 Å². The van der Waals surface area contributed by atoms with Crippen molar-refractivity contribution in [2.45, 2.75) is 26.7 Å². The van der Waals surface area contributed by atoms with Gasteiger partial charge in [0.1, 0.15) is 0 Å². The van der Waals surface area contributed by atoms with Crippen LogP contribution in [0.1, 0.15) is 26.7 Å². The molecule has 1 amide bonds. The van der Waals surface area contributed by atoms with Gasteiger partial charge in [-0.05, 0) is 12.8 Å². The van der Waals surface area contributed by atoms with Crippen LogP contribution in [-0.4, -0.2) is 30.9 Å². The summed E-state index contributed by atoms with van der Waals surface area (Å²) in [5.41, 5.74) is 0. The molecule has 0 aliphatic heterocycles. The molecule has 1 aromatic rings. The van der Waals surface area contributed by atoms with Crippen LogP contribution in [0, 0.1) is 40.9 Å². The largest absolute Gasteiger partial charge is 0.420 e. The number of amides is 1. The zero-order chi connectivity index (χ0) is 19.5. The van der Waals surface area contributed by atoms with Gasteiger partial charge in [0.2, 0.25) is 40.7 Å². The third-order valence-corrected chi connectivity index (χ3v) is 3.70. The molecule has 0 heterocycles. The topological polar surface area (TPSA) is 46.6 Å². The minimum absolute atomic E-state index is 0.00173. The zero-order valence-corrected chi connectivity index (χ0v) is 14.1. The highest BCUT2D eigenvalue weighted by Gasteiger charge is 2.31. The first-order valence-electron chi connectivity index (χ1n) is 7.47. The van der Waals surface area contributed by atoms with Gasteiger partial charge in [-0.3, -0.25) is 9.59 Å². The zero-order valence-electron chi connectivity index (χ0n) is 14.1. The Bertz CT molecular complexity index is 649. The van der Waals surface area contributed by atoms with Crippen LogP contribution < -0.4 is 4.74 Å². The number of nitrogens with zero attached hydrogens (tertiary/aromatic N) is 1. The molecule has 2 unspecified atom stereocenters. The molecule has 0 spiro atoms. The molecule has 0 radical (unpaired) electrons. The minimum Gasteiger partial charge on any atom is -0.420 e. The second kappa shape index (κ2) is 8.26. The number of halogens is 5. The first-order valence-corrected chi connectivity index (χ1v) is 7.47. The highest BCUT2D eigenvalue weighted by atomic mass is 19.2. The maximum atomic E-state index is 13.6. The molecule has 1 rings (SSSR count). The summed E-state index contributed by atoms with van der Waals surface area (Å²) in [7, 11) is 3.04. The summed E-state index contributed by atoms with van der Waals surface area (Å²) < 4.78 is 70.8. The Morgan fingerprint density at radius 1 is 0.960 bits per heavy atom. The van der Waals surface area contributed by atoms with Crippen molar-refractivity contribution in [3.63, 3.8) is 0 Å². The predicted octanol–water partition coefficient (Wildman–Crippen LogP) is 3.43. The van der Waals surface area contributed by atoms with Crippen LogP contribution in [0.4, 0.5) is 22.0 Å². The lowest BCUT2D eigenvalue weighted by molar-refractivity contribution is -0.141. The van der Waals surface area contributed by atoms with Crippen LogP contribution in [0.5, 0.6) is 5.75 Å². The number of benzene rings is 1. The number of hydrogen-bond donors (Lipinski definition) is 0. The van der Waals surface area contributed by atoms with Crippen LogP contribution in [0.15, 0.2) is 0 Å². The van der Waals surface area contributed by atoms with Gasteiger partial charge in [-0.25, -0.2) is 13.2 Å². The van der Waals surface area contributed by atoms with Gasteiger partial charge in [-0.2, -0.15) is 8.78 Å². The van der Waals surface area contributed by atoms with Crippen LogP contribution in [-0.2, 0) is 9.59 Å². The Labute approximate surface area is 141 Å². The first-order chi connectivity index (χ1) is 11.5. The van der Waals surface area contributed by atoms with Crippen molar-refractivity contribution >= 4 is 11.9 Å². The van der Waals surface area contributed by atoms with E-state index in [4.69, 9.17) is 0 Å². The SMILES string of the molecule is CCC(CC(C)C(=O)N(C)C)C(=O)Oc1c(F)c(F)c(F)c(F)c1F. The summed E-state index contributed by atoms with van der Waals surface area (Å²) in [6.07, 6.45) is 0.154. The molecule has 0 fully saturated rings. The molecule has 25 heavy (non-hydrogen) atoms. The Hall–Kier alpha value is -2.19. The van der Waals surface area contributed by atoms with E-state index in [1.165, 1.54) is 19.0 Å². The highest BCUT2D eigenvalue weighted by molar-refractivity contribution is 5.80. The number of ether oxygens (including phenoxy) is 1. The fraction of sp³-hybridized carbons (Fsp3) is 0.500. The van der Waals surface area contributed by atoms with Gasteiger partial charge in [0, 0.05) is 20.0 Å². The third-order valence-electron chi connectivity index (χ3n) is 3.70. The summed E-state index contributed by atoms with van der Waals surface area (Å²) in [6, 6.07) is 0. The van der Waals surface area contributed by atoms with E-state index in [2.05, 4.69) is 4.74 Å². The maximum Gasteiger partial charge on any atom is 0.314 e. The molecular formula is C16H18F5NO3. The van der Waals surface area contributed by atoms with Crippen molar-refractivity contribution in [2.24, 2.45) is 11.8 Å². The van der Waals surface area contributed by atoms with E-state index in [0.717, 1.165) is 0 Å². The normalized spacial score (nSPS) is 13.3. The Balaban J connectivity index is 3.03. The van der Waals surface area contributed by atoms with E-state index in [9.17, 15) is 31.5 Å². The molecule has 0 saturated carbocycles. The molecule has 0 aliphatic carbocycles. The average Bonchev–Trinajstić information content (AvgIpc) is 2.58. The van der Waals surface area contributed by atoms with Gasteiger partial charge in [0.15, 0.2) is 0 Å². The quantitative estimate of drug-likeness (QED) is 0.254. The molecule has 0 bridgehead atoms. The average molecular weight is 367 g/mol. The highest BCUT2D eigenvalue weighted by Crippen LogP contribution is 2.30. The van der Waals surface area contributed by atoms with E-state index in [0.29, 0.717) is 0 Å². The molecule has 9 heteroatoms. The monoisotopic (exact) mass is 367 g/mol. The molecule has 1 aromatic carbocycles. The smallest absolute Gasteiger partial charge is 0.314 e. The van der Waals surface area contributed by atoms with Crippen molar-refractivity contribution in [3.05, 3.63) is 29.1 Å². The van der Waals surface area contributed by atoms with E-state index in [-0.39, 0.29) is 18.7 Å².